The Morgan fingerprint density at radius 2 is 0.885 bits per heavy atom. The predicted molar refractivity (Wildman–Crippen MR) is 250 cm³/mol. The molecule has 6 aromatic rings. The molecule has 61 heavy (non-hydrogen) atoms. The molecule has 6 nitrogen and oxygen atoms in total. The van der Waals surface area contributed by atoms with Crippen molar-refractivity contribution in [2.45, 2.75) is 86.5 Å². The summed E-state index contributed by atoms with van der Waals surface area (Å²) in [5.74, 6) is 1.75. The van der Waals surface area contributed by atoms with Gasteiger partial charge >= 0.3 is 0 Å². The average Bonchev–Trinajstić information content (AvgIpc) is 3.55. The third kappa shape index (κ3) is 9.14. The van der Waals surface area contributed by atoms with E-state index in [2.05, 4.69) is 148 Å². The Balaban J connectivity index is 1.07. The maximum atomic E-state index is 13.7. The molecule has 6 heteroatoms. The van der Waals surface area contributed by atoms with Crippen LogP contribution in [0.3, 0.4) is 0 Å². The maximum Gasteiger partial charge on any atom is 0.230 e. The standard InChI is InChI=1S/C55H60N2O4/c1-37-19-21-39(3)49(35-37)60-33-13-31-53(5,6)51(58)56-43-27-23-41(24-28-43)55(47-17-11-9-15-45(47)46-16-10-12-18-48(46)55)42-25-29-44(30-26-42)57-52(59)54(7,8)32-14-34-61-50-36-38(2)20-22-40(50)4/h9-12,15-30,35-36H,13-14,31-34H2,1-8H3,(H,56,58)(H,57,59). The Morgan fingerprint density at radius 1 is 0.508 bits per heavy atom. The zero-order chi connectivity index (χ0) is 43.4. The van der Waals surface area contributed by atoms with Crippen LogP contribution in [0.1, 0.15) is 97.9 Å². The van der Waals surface area contributed by atoms with E-state index in [0.29, 0.717) is 26.1 Å². The molecule has 1 aliphatic rings. The fraction of sp³-hybridized carbons (Fsp3) is 0.309. The Kier molecular flexibility index (Phi) is 12.6. The molecular formula is C55H60N2O4. The molecule has 0 bridgehead atoms. The van der Waals surface area contributed by atoms with E-state index in [-0.39, 0.29) is 11.8 Å². The van der Waals surface area contributed by atoms with Gasteiger partial charge in [0.05, 0.1) is 18.6 Å². The number of nitrogens with one attached hydrogen (secondary N) is 2. The molecular weight excluding hydrogens is 753 g/mol. The van der Waals surface area contributed by atoms with Crippen molar-refractivity contribution >= 4 is 23.2 Å². The zero-order valence-electron chi connectivity index (χ0n) is 37.1. The van der Waals surface area contributed by atoms with Crippen molar-refractivity contribution in [3.05, 3.63) is 178 Å². The number of fused-ring (bicyclic) bond motifs is 3. The zero-order valence-corrected chi connectivity index (χ0v) is 37.1. The molecule has 0 heterocycles. The van der Waals surface area contributed by atoms with E-state index in [0.717, 1.165) is 58.0 Å². The predicted octanol–water partition coefficient (Wildman–Crippen LogP) is 12.9. The number of aryl methyl sites for hydroxylation is 4. The van der Waals surface area contributed by atoms with Crippen LogP contribution in [0, 0.1) is 38.5 Å². The van der Waals surface area contributed by atoms with Crippen LogP contribution in [0.5, 0.6) is 11.5 Å². The fourth-order valence-corrected chi connectivity index (χ4v) is 8.58. The molecule has 0 saturated heterocycles. The van der Waals surface area contributed by atoms with Crippen molar-refractivity contribution in [3.8, 4) is 22.6 Å². The molecule has 0 spiro atoms. The molecule has 2 amide bonds. The van der Waals surface area contributed by atoms with E-state index < -0.39 is 16.2 Å². The quantitative estimate of drug-likeness (QED) is 0.0953. The SMILES string of the molecule is Cc1ccc(C)c(OCCCC(C)(C)C(=O)Nc2ccc(C3(c4ccc(NC(=O)C(C)(C)CCCOc5cc(C)ccc5C)cc4)c4ccccc4-c4ccccc43)cc2)c1. The monoisotopic (exact) mass is 812 g/mol. The molecule has 2 N–H and O–H groups in total. The summed E-state index contributed by atoms with van der Waals surface area (Å²) < 4.78 is 12.2. The lowest BCUT2D eigenvalue weighted by Crippen LogP contribution is -2.32. The van der Waals surface area contributed by atoms with Crippen LogP contribution in [0.2, 0.25) is 0 Å². The highest BCUT2D eigenvalue weighted by molar-refractivity contribution is 5.96. The molecule has 0 unspecified atom stereocenters. The van der Waals surface area contributed by atoms with Crippen LogP contribution in [-0.4, -0.2) is 25.0 Å². The molecule has 314 valence electrons. The van der Waals surface area contributed by atoms with Crippen LogP contribution < -0.4 is 20.1 Å². The molecule has 0 radical (unpaired) electrons. The Labute approximate surface area is 362 Å². The lowest BCUT2D eigenvalue weighted by Gasteiger charge is -2.34. The Morgan fingerprint density at radius 3 is 1.28 bits per heavy atom. The summed E-state index contributed by atoms with van der Waals surface area (Å²) in [4.78, 5) is 27.3. The van der Waals surface area contributed by atoms with Gasteiger partial charge in [0, 0.05) is 22.2 Å². The van der Waals surface area contributed by atoms with Crippen molar-refractivity contribution < 1.29 is 19.1 Å². The number of amides is 2. The molecule has 0 saturated carbocycles. The minimum Gasteiger partial charge on any atom is -0.493 e. The fourth-order valence-electron chi connectivity index (χ4n) is 8.58. The lowest BCUT2D eigenvalue weighted by molar-refractivity contribution is -0.125. The number of hydrogen-bond acceptors (Lipinski definition) is 4. The molecule has 0 fully saturated rings. The van der Waals surface area contributed by atoms with E-state index in [1.807, 2.05) is 52.0 Å². The number of ether oxygens (including phenoxy) is 2. The van der Waals surface area contributed by atoms with Gasteiger partial charge in [-0.25, -0.2) is 0 Å². The third-order valence-corrected chi connectivity index (χ3v) is 12.4. The van der Waals surface area contributed by atoms with Gasteiger partial charge in [0.25, 0.3) is 0 Å². The first-order valence-corrected chi connectivity index (χ1v) is 21.6. The number of rotatable bonds is 16. The summed E-state index contributed by atoms with van der Waals surface area (Å²) in [5, 5.41) is 6.41. The largest absolute Gasteiger partial charge is 0.493 e. The number of anilines is 2. The van der Waals surface area contributed by atoms with Crippen LogP contribution in [-0.2, 0) is 15.0 Å². The maximum absolute atomic E-state index is 13.7. The van der Waals surface area contributed by atoms with Gasteiger partial charge in [-0.1, -0.05) is 125 Å². The van der Waals surface area contributed by atoms with Gasteiger partial charge in [0.2, 0.25) is 11.8 Å². The molecule has 0 aliphatic heterocycles. The van der Waals surface area contributed by atoms with E-state index in [1.54, 1.807) is 0 Å². The van der Waals surface area contributed by atoms with Crippen molar-refractivity contribution in [1.82, 2.24) is 0 Å². The minimum absolute atomic E-state index is 0.0234. The number of carbonyl (C=O) groups is 2. The summed E-state index contributed by atoms with van der Waals surface area (Å²) in [5.41, 5.74) is 11.2. The molecule has 0 atom stereocenters. The summed E-state index contributed by atoms with van der Waals surface area (Å²) in [7, 11) is 0. The van der Waals surface area contributed by atoms with Crippen LogP contribution >= 0.6 is 0 Å². The van der Waals surface area contributed by atoms with Gasteiger partial charge in [0.15, 0.2) is 0 Å². The lowest BCUT2D eigenvalue weighted by atomic mass is 9.67. The van der Waals surface area contributed by atoms with Gasteiger partial charge < -0.3 is 20.1 Å². The van der Waals surface area contributed by atoms with Crippen LogP contribution in [0.4, 0.5) is 11.4 Å². The highest BCUT2D eigenvalue weighted by Crippen LogP contribution is 2.56. The van der Waals surface area contributed by atoms with E-state index in [9.17, 15) is 9.59 Å². The Hall–Kier alpha value is -6.14. The summed E-state index contributed by atoms with van der Waals surface area (Å²) in [6.07, 6.45) is 2.90. The van der Waals surface area contributed by atoms with E-state index >= 15 is 0 Å². The molecule has 1 aliphatic carbocycles. The number of hydrogen-bond donors (Lipinski definition) is 2. The second-order valence-corrected chi connectivity index (χ2v) is 18.1. The van der Waals surface area contributed by atoms with Crippen molar-refractivity contribution in [3.63, 3.8) is 0 Å². The smallest absolute Gasteiger partial charge is 0.230 e. The second-order valence-electron chi connectivity index (χ2n) is 18.1. The summed E-state index contributed by atoms with van der Waals surface area (Å²) in [6.45, 7) is 17.3. The first-order chi connectivity index (χ1) is 29.2. The molecule has 0 aromatic heterocycles. The van der Waals surface area contributed by atoms with Crippen molar-refractivity contribution in [1.29, 1.82) is 0 Å². The molecule has 7 rings (SSSR count). The van der Waals surface area contributed by atoms with E-state index in [4.69, 9.17) is 9.47 Å². The van der Waals surface area contributed by atoms with E-state index in [1.165, 1.54) is 33.4 Å². The second kappa shape index (κ2) is 17.8. The minimum atomic E-state index is -0.623. The van der Waals surface area contributed by atoms with Gasteiger partial charge in [-0.15, -0.1) is 0 Å². The normalized spacial score (nSPS) is 12.9. The average molecular weight is 813 g/mol. The first-order valence-electron chi connectivity index (χ1n) is 21.6. The van der Waals surface area contributed by atoms with Crippen molar-refractivity contribution in [2.75, 3.05) is 23.8 Å². The topological polar surface area (TPSA) is 76.7 Å². The number of benzene rings is 6. The van der Waals surface area contributed by atoms with Gasteiger partial charge in [-0.2, -0.15) is 0 Å². The Bertz CT molecular complexity index is 2340. The summed E-state index contributed by atoms with van der Waals surface area (Å²) >= 11 is 0. The van der Waals surface area contributed by atoms with Crippen molar-refractivity contribution in [2.24, 2.45) is 10.8 Å². The first kappa shape index (κ1) is 43.0. The highest BCUT2D eigenvalue weighted by atomic mass is 16.5. The summed E-state index contributed by atoms with van der Waals surface area (Å²) in [6, 6.07) is 46.3. The molecule has 6 aromatic carbocycles. The third-order valence-electron chi connectivity index (χ3n) is 12.4. The van der Waals surface area contributed by atoms with Crippen LogP contribution in [0.15, 0.2) is 133 Å². The van der Waals surface area contributed by atoms with Gasteiger partial charge in [-0.05, 0) is 145 Å². The number of carbonyl (C=O) groups excluding carboxylic acids is 2. The van der Waals surface area contributed by atoms with Gasteiger partial charge in [-0.3, -0.25) is 9.59 Å². The highest BCUT2D eigenvalue weighted by Gasteiger charge is 2.46. The van der Waals surface area contributed by atoms with Crippen LogP contribution in [0.25, 0.3) is 11.1 Å². The van der Waals surface area contributed by atoms with Gasteiger partial charge in [0.1, 0.15) is 11.5 Å².